The third kappa shape index (κ3) is 2.94. The highest BCUT2D eigenvalue weighted by molar-refractivity contribution is 9.09. The molecule has 5 heteroatoms. The molecule has 0 atom stereocenters. The zero-order valence-electron chi connectivity index (χ0n) is 10.7. The molecule has 0 amide bonds. The third-order valence-electron chi connectivity index (χ3n) is 3.73. The Bertz CT molecular complexity index is 453. The Morgan fingerprint density at radius 1 is 1.39 bits per heavy atom. The second-order valence-corrected chi connectivity index (χ2v) is 5.63. The van der Waals surface area contributed by atoms with Crippen LogP contribution in [-0.4, -0.2) is 22.2 Å². The first-order chi connectivity index (χ1) is 8.69. The van der Waals surface area contributed by atoms with Gasteiger partial charge in [-0.3, -0.25) is 4.79 Å². The molecule has 1 aliphatic rings. The molecule has 0 saturated heterocycles. The Morgan fingerprint density at radius 3 is 2.72 bits per heavy atom. The molecule has 100 valence electrons. The maximum absolute atomic E-state index is 11.8. The molecule has 1 aliphatic carbocycles. The highest BCUT2D eigenvalue weighted by Gasteiger charge is 2.32. The molecule has 1 saturated carbocycles. The molecule has 0 aromatic carbocycles. The highest BCUT2D eigenvalue weighted by atomic mass is 79.9. The largest absolute Gasteiger partial charge is 0.480 e. The van der Waals surface area contributed by atoms with Crippen LogP contribution in [0.2, 0.25) is 0 Å². The van der Waals surface area contributed by atoms with Crippen LogP contribution in [0.5, 0.6) is 5.88 Å². The summed E-state index contributed by atoms with van der Waals surface area (Å²) >= 11 is 3.61. The number of hydrogen-bond acceptors (Lipinski definition) is 3. The van der Waals surface area contributed by atoms with E-state index in [9.17, 15) is 4.79 Å². The van der Waals surface area contributed by atoms with Crippen LogP contribution in [0.1, 0.15) is 32.1 Å². The first-order valence-corrected chi connectivity index (χ1v) is 7.49. The zero-order chi connectivity index (χ0) is 13.0. The summed E-state index contributed by atoms with van der Waals surface area (Å²) in [6.45, 7) is 0.675. The Morgan fingerprint density at radius 2 is 2.11 bits per heavy atom. The van der Waals surface area contributed by atoms with Gasteiger partial charge in [-0.1, -0.05) is 35.2 Å². The van der Waals surface area contributed by atoms with E-state index in [1.807, 2.05) is 0 Å². The minimum absolute atomic E-state index is 0.0540. The van der Waals surface area contributed by atoms with E-state index in [1.54, 1.807) is 17.9 Å². The van der Waals surface area contributed by atoms with E-state index >= 15 is 0 Å². The standard InChI is InChI=1S/C13H19BrN2O2/c1-18-11-5-6-12(17)16(15-11)10-13(9-14)7-3-2-4-8-13/h5-6H,2-4,7-10H2,1H3. The lowest BCUT2D eigenvalue weighted by Gasteiger charge is -2.35. The molecule has 18 heavy (non-hydrogen) atoms. The van der Waals surface area contributed by atoms with Crippen LogP contribution in [0, 0.1) is 5.41 Å². The average molecular weight is 315 g/mol. The van der Waals surface area contributed by atoms with Crippen molar-refractivity contribution < 1.29 is 4.74 Å². The SMILES string of the molecule is COc1ccc(=O)n(CC2(CBr)CCCCC2)n1. The molecule has 0 bridgehead atoms. The fourth-order valence-corrected chi connectivity index (χ4v) is 3.34. The van der Waals surface area contributed by atoms with E-state index in [-0.39, 0.29) is 11.0 Å². The average Bonchev–Trinajstić information content (AvgIpc) is 2.42. The van der Waals surface area contributed by atoms with Crippen LogP contribution in [0.4, 0.5) is 0 Å². The van der Waals surface area contributed by atoms with Crippen molar-refractivity contribution in [3.63, 3.8) is 0 Å². The lowest BCUT2D eigenvalue weighted by molar-refractivity contribution is 0.178. The monoisotopic (exact) mass is 314 g/mol. The number of halogens is 1. The van der Waals surface area contributed by atoms with Gasteiger partial charge in [-0.15, -0.1) is 5.10 Å². The van der Waals surface area contributed by atoms with E-state index in [0.717, 1.165) is 18.2 Å². The summed E-state index contributed by atoms with van der Waals surface area (Å²) in [6.07, 6.45) is 6.09. The molecular formula is C13H19BrN2O2. The molecule has 1 fully saturated rings. The van der Waals surface area contributed by atoms with Crippen LogP contribution in [0.3, 0.4) is 0 Å². The van der Waals surface area contributed by atoms with Crippen LogP contribution in [-0.2, 0) is 6.54 Å². The number of rotatable bonds is 4. The van der Waals surface area contributed by atoms with Gasteiger partial charge in [-0.25, -0.2) is 4.68 Å². The number of alkyl halides is 1. The van der Waals surface area contributed by atoms with Gasteiger partial charge < -0.3 is 4.74 Å². The molecule has 1 heterocycles. The fraction of sp³-hybridized carbons (Fsp3) is 0.692. The van der Waals surface area contributed by atoms with E-state index in [4.69, 9.17) is 4.74 Å². The van der Waals surface area contributed by atoms with Gasteiger partial charge in [-0.2, -0.15) is 0 Å². The highest BCUT2D eigenvalue weighted by Crippen LogP contribution is 2.38. The molecule has 2 rings (SSSR count). The van der Waals surface area contributed by atoms with E-state index < -0.39 is 0 Å². The molecular weight excluding hydrogens is 296 g/mol. The third-order valence-corrected chi connectivity index (χ3v) is 4.92. The van der Waals surface area contributed by atoms with Crippen LogP contribution >= 0.6 is 15.9 Å². The van der Waals surface area contributed by atoms with Crippen molar-refractivity contribution in [3.05, 3.63) is 22.5 Å². The molecule has 0 N–H and O–H groups in total. The van der Waals surface area contributed by atoms with Gasteiger partial charge in [0.15, 0.2) is 0 Å². The molecule has 0 spiro atoms. The van der Waals surface area contributed by atoms with Gasteiger partial charge in [0.1, 0.15) is 0 Å². The predicted octanol–water partition coefficient (Wildman–Crippen LogP) is 2.60. The number of methoxy groups -OCH3 is 1. The Balaban J connectivity index is 2.23. The minimum atomic E-state index is -0.0540. The van der Waals surface area contributed by atoms with Gasteiger partial charge in [0.2, 0.25) is 5.88 Å². The fourth-order valence-electron chi connectivity index (χ4n) is 2.61. The second kappa shape index (κ2) is 5.87. The minimum Gasteiger partial charge on any atom is -0.480 e. The summed E-state index contributed by atoms with van der Waals surface area (Å²) in [4.78, 5) is 11.8. The smallest absolute Gasteiger partial charge is 0.266 e. The molecule has 1 aromatic heterocycles. The first-order valence-electron chi connectivity index (χ1n) is 6.37. The van der Waals surface area contributed by atoms with Crippen molar-refractivity contribution in [1.29, 1.82) is 0 Å². The van der Waals surface area contributed by atoms with Crippen LogP contribution < -0.4 is 10.3 Å². The predicted molar refractivity (Wildman–Crippen MR) is 74.4 cm³/mol. The lowest BCUT2D eigenvalue weighted by atomic mass is 9.75. The summed E-state index contributed by atoms with van der Waals surface area (Å²) in [5, 5.41) is 5.16. The van der Waals surface area contributed by atoms with Crippen molar-refractivity contribution >= 4 is 15.9 Å². The van der Waals surface area contributed by atoms with Crippen molar-refractivity contribution in [1.82, 2.24) is 9.78 Å². The zero-order valence-corrected chi connectivity index (χ0v) is 12.3. The second-order valence-electron chi connectivity index (χ2n) is 5.07. The topological polar surface area (TPSA) is 44.1 Å². The van der Waals surface area contributed by atoms with Gasteiger partial charge in [-0.05, 0) is 18.3 Å². The van der Waals surface area contributed by atoms with Crippen molar-refractivity contribution in [2.24, 2.45) is 5.41 Å². The van der Waals surface area contributed by atoms with Gasteiger partial charge >= 0.3 is 0 Å². The summed E-state index contributed by atoms with van der Waals surface area (Å²) < 4.78 is 6.63. The molecule has 0 radical (unpaired) electrons. The summed E-state index contributed by atoms with van der Waals surface area (Å²) in [6, 6.07) is 3.14. The van der Waals surface area contributed by atoms with Crippen molar-refractivity contribution in [2.75, 3.05) is 12.4 Å². The molecule has 0 unspecified atom stereocenters. The summed E-state index contributed by atoms with van der Waals surface area (Å²) in [7, 11) is 1.57. The van der Waals surface area contributed by atoms with Crippen LogP contribution in [0.15, 0.2) is 16.9 Å². The Kier molecular flexibility index (Phi) is 4.43. The van der Waals surface area contributed by atoms with Crippen molar-refractivity contribution in [3.8, 4) is 5.88 Å². The maximum atomic E-state index is 11.8. The lowest BCUT2D eigenvalue weighted by Crippen LogP contribution is -2.36. The normalized spacial score (nSPS) is 18.6. The quantitative estimate of drug-likeness (QED) is 0.802. The molecule has 4 nitrogen and oxygen atoms in total. The van der Waals surface area contributed by atoms with Crippen LogP contribution in [0.25, 0.3) is 0 Å². The number of ether oxygens (including phenoxy) is 1. The van der Waals surface area contributed by atoms with E-state index in [2.05, 4.69) is 21.0 Å². The first kappa shape index (κ1) is 13.6. The molecule has 1 aromatic rings. The summed E-state index contributed by atoms with van der Waals surface area (Å²) in [5.74, 6) is 0.495. The summed E-state index contributed by atoms with van der Waals surface area (Å²) in [5.41, 5.74) is 0.114. The van der Waals surface area contributed by atoms with Gasteiger partial charge in [0, 0.05) is 17.5 Å². The maximum Gasteiger partial charge on any atom is 0.266 e. The van der Waals surface area contributed by atoms with Gasteiger partial charge in [0.25, 0.3) is 5.56 Å². The van der Waals surface area contributed by atoms with E-state index in [1.165, 1.54) is 25.3 Å². The Hall–Kier alpha value is -0.840. The Labute approximate surface area is 115 Å². The van der Waals surface area contributed by atoms with E-state index in [0.29, 0.717) is 12.4 Å². The number of hydrogen-bond donors (Lipinski definition) is 0. The molecule has 0 aliphatic heterocycles. The number of nitrogens with zero attached hydrogens (tertiary/aromatic N) is 2. The van der Waals surface area contributed by atoms with Crippen molar-refractivity contribution in [2.45, 2.75) is 38.6 Å². The number of aromatic nitrogens is 2. The van der Waals surface area contributed by atoms with Gasteiger partial charge in [0.05, 0.1) is 13.7 Å².